The summed E-state index contributed by atoms with van der Waals surface area (Å²) >= 11 is 0. The van der Waals surface area contributed by atoms with Gasteiger partial charge in [-0.25, -0.2) is 0 Å². The number of fused-ring (bicyclic) bond motifs is 1. The second kappa shape index (κ2) is 9.29. The van der Waals surface area contributed by atoms with Crippen LogP contribution in [0.2, 0.25) is 0 Å². The number of pyridine rings is 1. The van der Waals surface area contributed by atoms with E-state index >= 15 is 0 Å². The number of rotatable bonds is 8. The molecule has 0 aliphatic carbocycles. The van der Waals surface area contributed by atoms with Crippen LogP contribution in [0.25, 0.3) is 10.8 Å². The number of nitrogens with one attached hydrogen (secondary N) is 1. The minimum absolute atomic E-state index is 0.0803. The van der Waals surface area contributed by atoms with E-state index in [-0.39, 0.29) is 17.4 Å². The van der Waals surface area contributed by atoms with Crippen LogP contribution < -0.4 is 5.32 Å². The molecule has 1 saturated heterocycles. The number of benzene rings is 2. The van der Waals surface area contributed by atoms with Crippen LogP contribution in [0.3, 0.4) is 0 Å². The van der Waals surface area contributed by atoms with Gasteiger partial charge in [0, 0.05) is 50.3 Å². The van der Waals surface area contributed by atoms with Crippen molar-refractivity contribution >= 4 is 22.6 Å². The zero-order valence-corrected chi connectivity index (χ0v) is 18.0. The summed E-state index contributed by atoms with van der Waals surface area (Å²) in [6.45, 7) is 0.639. The number of likely N-dealkylation sites (N-methyl/N-ethyl adjacent to an activating group) is 1. The van der Waals surface area contributed by atoms with Gasteiger partial charge in [-0.2, -0.15) is 0 Å². The SMILES string of the molecule is CN(CCc1ccccn1)C(=O)CC[C@@]1(Cc2ccc3ccccc3c2)CCC(=O)N1. The van der Waals surface area contributed by atoms with Crippen molar-refractivity contribution in [1.29, 1.82) is 0 Å². The van der Waals surface area contributed by atoms with Gasteiger partial charge < -0.3 is 10.2 Å². The summed E-state index contributed by atoms with van der Waals surface area (Å²) in [6, 6.07) is 20.6. The number of carbonyl (C=O) groups is 2. The van der Waals surface area contributed by atoms with Crippen molar-refractivity contribution in [3.63, 3.8) is 0 Å². The molecule has 1 fully saturated rings. The normalized spacial score (nSPS) is 18.2. The summed E-state index contributed by atoms with van der Waals surface area (Å²) in [4.78, 5) is 30.9. The Balaban J connectivity index is 1.39. The molecule has 0 spiro atoms. The van der Waals surface area contributed by atoms with E-state index < -0.39 is 0 Å². The molecule has 160 valence electrons. The highest BCUT2D eigenvalue weighted by atomic mass is 16.2. The van der Waals surface area contributed by atoms with E-state index in [0.29, 0.717) is 25.8 Å². The van der Waals surface area contributed by atoms with Crippen LogP contribution in [0, 0.1) is 0 Å². The summed E-state index contributed by atoms with van der Waals surface area (Å²) in [5, 5.41) is 5.60. The first-order valence-corrected chi connectivity index (χ1v) is 11.0. The molecule has 2 heterocycles. The minimum Gasteiger partial charge on any atom is -0.350 e. The zero-order chi connectivity index (χ0) is 21.7. The van der Waals surface area contributed by atoms with Crippen molar-refractivity contribution < 1.29 is 9.59 Å². The van der Waals surface area contributed by atoms with E-state index in [9.17, 15) is 9.59 Å². The van der Waals surface area contributed by atoms with Crippen molar-refractivity contribution in [2.45, 2.75) is 44.1 Å². The predicted octanol–water partition coefficient (Wildman–Crippen LogP) is 3.91. The molecule has 1 aromatic heterocycles. The van der Waals surface area contributed by atoms with E-state index in [2.05, 4.69) is 40.6 Å². The lowest BCUT2D eigenvalue weighted by molar-refractivity contribution is -0.130. The Morgan fingerprint density at radius 2 is 1.90 bits per heavy atom. The Labute approximate surface area is 183 Å². The molecule has 1 aliphatic rings. The molecule has 0 saturated carbocycles. The van der Waals surface area contributed by atoms with E-state index in [1.807, 2.05) is 37.4 Å². The highest BCUT2D eigenvalue weighted by molar-refractivity contribution is 5.83. The average molecular weight is 416 g/mol. The number of amides is 2. The van der Waals surface area contributed by atoms with Crippen molar-refractivity contribution in [2.75, 3.05) is 13.6 Å². The Kier molecular flexibility index (Phi) is 6.31. The van der Waals surface area contributed by atoms with Crippen LogP contribution in [-0.4, -0.2) is 40.8 Å². The monoisotopic (exact) mass is 415 g/mol. The predicted molar refractivity (Wildman–Crippen MR) is 123 cm³/mol. The Bertz CT molecular complexity index is 1070. The first-order chi connectivity index (χ1) is 15.0. The van der Waals surface area contributed by atoms with Gasteiger partial charge in [-0.15, -0.1) is 0 Å². The molecule has 3 aromatic rings. The van der Waals surface area contributed by atoms with Crippen LogP contribution in [0.5, 0.6) is 0 Å². The average Bonchev–Trinajstić information content (AvgIpc) is 3.16. The van der Waals surface area contributed by atoms with Crippen molar-refractivity contribution in [3.05, 3.63) is 78.1 Å². The molecule has 0 unspecified atom stereocenters. The van der Waals surface area contributed by atoms with Gasteiger partial charge in [-0.1, -0.05) is 48.5 Å². The van der Waals surface area contributed by atoms with Gasteiger partial charge in [-0.05, 0) is 47.7 Å². The van der Waals surface area contributed by atoms with Crippen molar-refractivity contribution in [2.24, 2.45) is 0 Å². The fourth-order valence-corrected chi connectivity index (χ4v) is 4.41. The summed E-state index contributed by atoms with van der Waals surface area (Å²) in [5.41, 5.74) is 1.83. The molecule has 1 atom stereocenters. The van der Waals surface area contributed by atoms with E-state index in [1.54, 1.807) is 11.1 Å². The van der Waals surface area contributed by atoms with Gasteiger partial charge in [0.2, 0.25) is 11.8 Å². The maximum absolute atomic E-state index is 12.8. The molecule has 1 N–H and O–H groups in total. The van der Waals surface area contributed by atoms with E-state index in [0.717, 1.165) is 25.0 Å². The number of hydrogen-bond donors (Lipinski definition) is 1. The maximum Gasteiger partial charge on any atom is 0.222 e. The summed E-state index contributed by atoms with van der Waals surface area (Å²) in [6.07, 6.45) is 5.62. The van der Waals surface area contributed by atoms with Gasteiger partial charge in [0.15, 0.2) is 0 Å². The lowest BCUT2D eigenvalue weighted by atomic mass is 9.84. The molecule has 5 nitrogen and oxygen atoms in total. The third-order valence-corrected chi connectivity index (χ3v) is 6.26. The second-order valence-electron chi connectivity index (χ2n) is 8.57. The quantitative estimate of drug-likeness (QED) is 0.607. The van der Waals surface area contributed by atoms with Crippen LogP contribution in [0.15, 0.2) is 66.9 Å². The van der Waals surface area contributed by atoms with Crippen LogP contribution in [-0.2, 0) is 22.4 Å². The Hall–Kier alpha value is -3.21. The van der Waals surface area contributed by atoms with Gasteiger partial charge >= 0.3 is 0 Å². The highest BCUT2D eigenvalue weighted by Gasteiger charge is 2.38. The third kappa shape index (κ3) is 5.29. The van der Waals surface area contributed by atoms with E-state index in [1.165, 1.54) is 16.3 Å². The number of carbonyl (C=O) groups excluding carboxylic acids is 2. The van der Waals surface area contributed by atoms with Crippen LogP contribution in [0.4, 0.5) is 0 Å². The van der Waals surface area contributed by atoms with Gasteiger partial charge in [0.05, 0.1) is 0 Å². The maximum atomic E-state index is 12.8. The Morgan fingerprint density at radius 1 is 1.10 bits per heavy atom. The van der Waals surface area contributed by atoms with E-state index in [4.69, 9.17) is 0 Å². The zero-order valence-electron chi connectivity index (χ0n) is 18.0. The number of aromatic nitrogens is 1. The van der Waals surface area contributed by atoms with Gasteiger partial charge in [0.25, 0.3) is 0 Å². The third-order valence-electron chi connectivity index (χ3n) is 6.26. The topological polar surface area (TPSA) is 62.3 Å². The molecule has 0 radical (unpaired) electrons. The van der Waals surface area contributed by atoms with Gasteiger partial charge in [-0.3, -0.25) is 14.6 Å². The number of hydrogen-bond acceptors (Lipinski definition) is 3. The first kappa shape index (κ1) is 21.0. The minimum atomic E-state index is -0.350. The van der Waals surface area contributed by atoms with Crippen molar-refractivity contribution in [3.8, 4) is 0 Å². The van der Waals surface area contributed by atoms with Crippen LogP contribution in [0.1, 0.15) is 36.9 Å². The standard InChI is InChI=1S/C26H29N3O2/c1-29(17-13-23-8-4-5-16-27-23)25(31)12-15-26(14-11-24(30)28-26)19-20-9-10-21-6-2-3-7-22(21)18-20/h2-10,16,18H,11-15,17,19H2,1H3,(H,28,30)/t26-/m1/s1. The summed E-state index contributed by atoms with van der Waals surface area (Å²) in [5.74, 6) is 0.187. The lowest BCUT2D eigenvalue weighted by Crippen LogP contribution is -2.44. The fraction of sp³-hybridized carbons (Fsp3) is 0.346. The Morgan fingerprint density at radius 3 is 2.65 bits per heavy atom. The fourth-order valence-electron chi connectivity index (χ4n) is 4.41. The molecule has 1 aliphatic heterocycles. The van der Waals surface area contributed by atoms with Crippen LogP contribution >= 0.6 is 0 Å². The molecule has 5 heteroatoms. The summed E-state index contributed by atoms with van der Waals surface area (Å²) < 4.78 is 0. The summed E-state index contributed by atoms with van der Waals surface area (Å²) in [7, 11) is 1.84. The molecule has 0 bridgehead atoms. The highest BCUT2D eigenvalue weighted by Crippen LogP contribution is 2.31. The second-order valence-corrected chi connectivity index (χ2v) is 8.57. The number of nitrogens with zero attached hydrogens (tertiary/aromatic N) is 2. The molecule has 2 amide bonds. The molecular formula is C26H29N3O2. The largest absolute Gasteiger partial charge is 0.350 e. The molecule has 31 heavy (non-hydrogen) atoms. The lowest BCUT2D eigenvalue weighted by Gasteiger charge is -2.30. The smallest absolute Gasteiger partial charge is 0.222 e. The van der Waals surface area contributed by atoms with Crippen molar-refractivity contribution in [1.82, 2.24) is 15.2 Å². The first-order valence-electron chi connectivity index (χ1n) is 11.0. The molecule has 4 rings (SSSR count). The molecular weight excluding hydrogens is 386 g/mol. The molecule has 2 aromatic carbocycles. The van der Waals surface area contributed by atoms with Gasteiger partial charge in [0.1, 0.15) is 0 Å².